The van der Waals surface area contributed by atoms with E-state index in [4.69, 9.17) is 18.6 Å². The molecule has 2 rings (SSSR count). The molecule has 0 bridgehead atoms. The molecular formula is C23H30O5. The van der Waals surface area contributed by atoms with Gasteiger partial charge in [0.1, 0.15) is 17.9 Å². The number of methoxy groups -OCH3 is 1. The van der Waals surface area contributed by atoms with Gasteiger partial charge in [0, 0.05) is 6.07 Å². The molecule has 1 aromatic heterocycles. The molecule has 0 fully saturated rings. The second-order valence-electron chi connectivity index (χ2n) is 7.26. The molecule has 152 valence electrons. The monoisotopic (exact) mass is 386 g/mol. The molecule has 1 heterocycles. The van der Waals surface area contributed by atoms with Crippen molar-refractivity contribution >= 4 is 11.0 Å². The minimum absolute atomic E-state index is 0.100. The van der Waals surface area contributed by atoms with E-state index < -0.39 is 5.63 Å². The number of ether oxygens (including phenoxy) is 3. The van der Waals surface area contributed by atoms with Crippen LogP contribution in [0.4, 0.5) is 0 Å². The van der Waals surface area contributed by atoms with Crippen molar-refractivity contribution in [3.05, 3.63) is 51.9 Å². The third-order valence-electron chi connectivity index (χ3n) is 4.13. The first kappa shape index (κ1) is 21.6. The van der Waals surface area contributed by atoms with Gasteiger partial charge in [-0.2, -0.15) is 0 Å². The molecule has 5 nitrogen and oxygen atoms in total. The Morgan fingerprint density at radius 1 is 1.14 bits per heavy atom. The van der Waals surface area contributed by atoms with E-state index in [0.29, 0.717) is 29.1 Å². The maximum atomic E-state index is 12.5. The van der Waals surface area contributed by atoms with Gasteiger partial charge in [0.15, 0.2) is 5.75 Å². The maximum Gasteiger partial charge on any atom is 0.383 e. The molecule has 2 aromatic rings. The lowest BCUT2D eigenvalue weighted by Crippen LogP contribution is -2.15. The highest BCUT2D eigenvalue weighted by molar-refractivity contribution is 5.86. The van der Waals surface area contributed by atoms with Crippen molar-refractivity contribution in [1.82, 2.24) is 0 Å². The Labute approximate surface area is 166 Å². The number of benzene rings is 1. The highest BCUT2D eigenvalue weighted by Gasteiger charge is 2.19. The first-order valence-electron chi connectivity index (χ1n) is 9.55. The van der Waals surface area contributed by atoms with Crippen LogP contribution in [0.2, 0.25) is 0 Å². The lowest BCUT2D eigenvalue weighted by atomic mass is 10.1. The smallest absolute Gasteiger partial charge is 0.383 e. The second-order valence-corrected chi connectivity index (χ2v) is 7.26. The maximum absolute atomic E-state index is 12.5. The zero-order valence-electron chi connectivity index (χ0n) is 17.6. The fourth-order valence-electron chi connectivity index (χ4n) is 2.70. The Balaban J connectivity index is 2.31. The first-order chi connectivity index (χ1) is 13.3. The van der Waals surface area contributed by atoms with Crippen molar-refractivity contribution in [3.63, 3.8) is 0 Å². The zero-order chi connectivity index (χ0) is 20.7. The molecule has 28 heavy (non-hydrogen) atoms. The van der Waals surface area contributed by atoms with Crippen LogP contribution in [0.15, 0.2) is 50.7 Å². The average molecular weight is 386 g/mol. The van der Waals surface area contributed by atoms with Crippen molar-refractivity contribution in [3.8, 4) is 17.2 Å². The van der Waals surface area contributed by atoms with E-state index in [-0.39, 0.29) is 11.9 Å². The van der Waals surface area contributed by atoms with Crippen molar-refractivity contribution in [2.24, 2.45) is 0 Å². The summed E-state index contributed by atoms with van der Waals surface area (Å²) in [4.78, 5) is 12.5. The summed E-state index contributed by atoms with van der Waals surface area (Å²) in [7, 11) is 1.57. The molecule has 0 aliphatic rings. The Morgan fingerprint density at radius 2 is 1.89 bits per heavy atom. The number of allylic oxidation sites excluding steroid dienone is 3. The topological polar surface area (TPSA) is 57.9 Å². The lowest BCUT2D eigenvalue weighted by Gasteiger charge is -2.15. The van der Waals surface area contributed by atoms with Gasteiger partial charge in [-0.1, -0.05) is 17.2 Å². The lowest BCUT2D eigenvalue weighted by molar-refractivity contribution is 0.216. The van der Waals surface area contributed by atoms with Crippen molar-refractivity contribution in [2.45, 2.75) is 53.6 Å². The van der Waals surface area contributed by atoms with Crippen LogP contribution < -0.4 is 19.8 Å². The SMILES string of the molecule is COc1ccc2c(OCC=C(C)CCC=C(C)C)c(OC(C)C)c(=O)oc2c1. The minimum atomic E-state index is -0.561. The van der Waals surface area contributed by atoms with Gasteiger partial charge in [-0.15, -0.1) is 0 Å². The van der Waals surface area contributed by atoms with Crippen LogP contribution in [0.1, 0.15) is 47.5 Å². The highest BCUT2D eigenvalue weighted by atomic mass is 16.5. The predicted molar refractivity (Wildman–Crippen MR) is 113 cm³/mol. The molecule has 0 N–H and O–H groups in total. The summed E-state index contributed by atoms with van der Waals surface area (Å²) in [5.74, 6) is 1.10. The van der Waals surface area contributed by atoms with Crippen LogP contribution in [-0.2, 0) is 0 Å². The summed E-state index contributed by atoms with van der Waals surface area (Å²) in [6.45, 7) is 10.3. The van der Waals surface area contributed by atoms with E-state index in [1.165, 1.54) is 11.1 Å². The van der Waals surface area contributed by atoms with Crippen molar-refractivity contribution in [1.29, 1.82) is 0 Å². The molecule has 0 unspecified atom stereocenters. The Hall–Kier alpha value is -2.69. The van der Waals surface area contributed by atoms with Gasteiger partial charge in [0.25, 0.3) is 0 Å². The van der Waals surface area contributed by atoms with E-state index in [9.17, 15) is 4.79 Å². The molecule has 0 atom stereocenters. The molecule has 0 aliphatic heterocycles. The molecule has 0 saturated carbocycles. The average Bonchev–Trinajstić information content (AvgIpc) is 2.63. The third kappa shape index (κ3) is 5.91. The predicted octanol–water partition coefficient (Wildman–Crippen LogP) is 5.66. The van der Waals surface area contributed by atoms with Gasteiger partial charge >= 0.3 is 5.63 Å². The van der Waals surface area contributed by atoms with Gasteiger partial charge in [0.2, 0.25) is 5.75 Å². The number of rotatable bonds is 9. The van der Waals surface area contributed by atoms with Gasteiger partial charge in [-0.25, -0.2) is 4.79 Å². The Kier molecular flexibility index (Phi) is 7.73. The fourth-order valence-corrected chi connectivity index (χ4v) is 2.70. The fraction of sp³-hybridized carbons (Fsp3) is 0.435. The molecular weight excluding hydrogens is 356 g/mol. The van der Waals surface area contributed by atoms with Crippen LogP contribution in [0.5, 0.6) is 17.2 Å². The quantitative estimate of drug-likeness (QED) is 0.411. The molecule has 0 saturated heterocycles. The van der Waals surface area contributed by atoms with Crippen LogP contribution in [0.25, 0.3) is 11.0 Å². The van der Waals surface area contributed by atoms with Crippen LogP contribution in [0, 0.1) is 0 Å². The van der Waals surface area contributed by atoms with Crippen molar-refractivity contribution in [2.75, 3.05) is 13.7 Å². The molecule has 0 spiro atoms. The van der Waals surface area contributed by atoms with E-state index in [1.54, 1.807) is 19.2 Å². The number of fused-ring (bicyclic) bond motifs is 1. The first-order valence-corrected chi connectivity index (χ1v) is 9.55. The largest absolute Gasteiger partial charge is 0.497 e. The van der Waals surface area contributed by atoms with E-state index >= 15 is 0 Å². The van der Waals surface area contributed by atoms with Gasteiger partial charge in [-0.05, 0) is 65.7 Å². The molecule has 1 aromatic carbocycles. The van der Waals surface area contributed by atoms with E-state index in [1.807, 2.05) is 26.0 Å². The number of hydrogen-bond donors (Lipinski definition) is 0. The summed E-state index contributed by atoms with van der Waals surface area (Å²) >= 11 is 0. The van der Waals surface area contributed by atoms with Gasteiger partial charge in [-0.3, -0.25) is 0 Å². The number of hydrogen-bond acceptors (Lipinski definition) is 5. The van der Waals surface area contributed by atoms with Gasteiger partial charge < -0.3 is 18.6 Å². The third-order valence-corrected chi connectivity index (χ3v) is 4.13. The molecule has 5 heteroatoms. The summed E-state index contributed by atoms with van der Waals surface area (Å²) < 4.78 is 22.3. The summed E-state index contributed by atoms with van der Waals surface area (Å²) in [6.07, 6.45) is 6.04. The molecule has 0 radical (unpaired) electrons. The Morgan fingerprint density at radius 3 is 2.54 bits per heavy atom. The van der Waals surface area contributed by atoms with Crippen LogP contribution in [0.3, 0.4) is 0 Å². The Bertz CT molecular complexity index is 914. The minimum Gasteiger partial charge on any atom is -0.497 e. The summed E-state index contributed by atoms with van der Waals surface area (Å²) in [5, 5.41) is 0.673. The second kappa shape index (κ2) is 10.0. The molecule has 0 amide bonds. The standard InChI is InChI=1S/C23H30O5/c1-15(2)8-7-9-17(5)12-13-26-21-19-11-10-18(25-6)14-20(19)28-23(24)22(21)27-16(3)4/h8,10-12,14,16H,7,9,13H2,1-6H3. The normalized spacial score (nSPS) is 11.6. The van der Waals surface area contributed by atoms with Gasteiger partial charge in [0.05, 0.1) is 18.6 Å². The molecule has 0 aliphatic carbocycles. The summed E-state index contributed by atoms with van der Waals surface area (Å²) in [6, 6.07) is 5.28. The highest BCUT2D eigenvalue weighted by Crippen LogP contribution is 2.35. The van der Waals surface area contributed by atoms with E-state index in [0.717, 1.165) is 12.8 Å². The zero-order valence-corrected chi connectivity index (χ0v) is 17.6. The van der Waals surface area contributed by atoms with Crippen LogP contribution in [-0.4, -0.2) is 19.8 Å². The van der Waals surface area contributed by atoms with Crippen molar-refractivity contribution < 1.29 is 18.6 Å². The van der Waals surface area contributed by atoms with E-state index in [2.05, 4.69) is 26.8 Å². The summed E-state index contributed by atoms with van der Waals surface area (Å²) in [5.41, 5.74) is 2.39. The van der Waals surface area contributed by atoms with Crippen LogP contribution >= 0.6 is 0 Å².